The number of urea groups is 1. The molecule has 2 heterocycles. The Morgan fingerprint density at radius 3 is 2.50 bits per heavy atom. The highest BCUT2D eigenvalue weighted by atomic mass is 32.2. The van der Waals surface area contributed by atoms with Crippen molar-refractivity contribution in [2.75, 3.05) is 39.3 Å². The molecule has 30 heavy (non-hydrogen) atoms. The van der Waals surface area contributed by atoms with E-state index in [1.54, 1.807) is 25.1 Å². The van der Waals surface area contributed by atoms with E-state index in [0.29, 0.717) is 23.5 Å². The number of amides is 4. The molecule has 4 amide bonds. The van der Waals surface area contributed by atoms with Crippen molar-refractivity contribution in [3.63, 3.8) is 0 Å². The summed E-state index contributed by atoms with van der Waals surface area (Å²) in [6.45, 7) is 1.08. The molecule has 164 valence electrons. The van der Waals surface area contributed by atoms with Gasteiger partial charge in [-0.05, 0) is 31.0 Å². The zero-order valence-electron chi connectivity index (χ0n) is 17.3. The lowest BCUT2D eigenvalue weighted by atomic mass is 9.91. The van der Waals surface area contributed by atoms with Crippen LogP contribution in [0.4, 0.5) is 4.79 Å². The number of ether oxygens (including phenoxy) is 2. The lowest BCUT2D eigenvalue weighted by Gasteiger charge is -2.26. The molecular formula is C19H25N3O7S. The molecule has 2 saturated heterocycles. The van der Waals surface area contributed by atoms with Crippen molar-refractivity contribution in [2.45, 2.75) is 24.9 Å². The average molecular weight is 439 g/mol. The summed E-state index contributed by atoms with van der Waals surface area (Å²) in [7, 11) is 1.27. The predicted octanol–water partition coefficient (Wildman–Crippen LogP) is 0.116. The van der Waals surface area contributed by atoms with Crippen LogP contribution in [-0.2, 0) is 25.0 Å². The van der Waals surface area contributed by atoms with Crippen LogP contribution in [0.2, 0.25) is 0 Å². The van der Waals surface area contributed by atoms with Crippen LogP contribution in [0.5, 0.6) is 11.5 Å². The van der Waals surface area contributed by atoms with Crippen molar-refractivity contribution in [3.8, 4) is 11.5 Å². The van der Waals surface area contributed by atoms with Crippen LogP contribution < -0.4 is 14.8 Å². The fourth-order valence-corrected chi connectivity index (χ4v) is 5.49. The maximum absolute atomic E-state index is 13.1. The van der Waals surface area contributed by atoms with Crippen molar-refractivity contribution in [3.05, 3.63) is 23.8 Å². The first-order valence-electron chi connectivity index (χ1n) is 9.35. The maximum atomic E-state index is 13.1. The topological polar surface area (TPSA) is 122 Å². The van der Waals surface area contributed by atoms with E-state index < -0.39 is 45.8 Å². The second-order valence-electron chi connectivity index (χ2n) is 7.58. The molecule has 0 saturated carbocycles. The number of carbonyl (C=O) groups is 3. The van der Waals surface area contributed by atoms with E-state index in [9.17, 15) is 22.8 Å². The van der Waals surface area contributed by atoms with Crippen LogP contribution in [0.15, 0.2) is 18.2 Å². The van der Waals surface area contributed by atoms with Gasteiger partial charge in [0.15, 0.2) is 21.3 Å². The predicted molar refractivity (Wildman–Crippen MR) is 107 cm³/mol. The van der Waals surface area contributed by atoms with Gasteiger partial charge in [0.1, 0.15) is 12.1 Å². The largest absolute Gasteiger partial charge is 0.493 e. The molecule has 2 atom stereocenters. The number of hydrogen-bond acceptors (Lipinski definition) is 7. The van der Waals surface area contributed by atoms with Crippen molar-refractivity contribution < 1.29 is 32.3 Å². The van der Waals surface area contributed by atoms with Crippen molar-refractivity contribution in [1.82, 2.24) is 15.1 Å². The Kier molecular flexibility index (Phi) is 5.68. The van der Waals surface area contributed by atoms with E-state index in [1.165, 1.54) is 26.2 Å². The van der Waals surface area contributed by atoms with Gasteiger partial charge in [-0.25, -0.2) is 13.2 Å². The molecule has 11 heteroatoms. The highest BCUT2D eigenvalue weighted by Crippen LogP contribution is 2.35. The number of methoxy groups -OCH3 is 2. The van der Waals surface area contributed by atoms with Crippen LogP contribution >= 0.6 is 0 Å². The average Bonchev–Trinajstić information content (AvgIpc) is 3.18. The smallest absolute Gasteiger partial charge is 0.325 e. The maximum Gasteiger partial charge on any atom is 0.325 e. The monoisotopic (exact) mass is 439 g/mol. The number of likely N-dealkylation sites (N-methyl/N-ethyl adjacent to an activating group) is 1. The fraction of sp³-hybridized carbons (Fsp3) is 0.526. The Labute approximate surface area is 175 Å². The van der Waals surface area contributed by atoms with Gasteiger partial charge in [-0.2, -0.15) is 0 Å². The Morgan fingerprint density at radius 1 is 1.27 bits per heavy atom. The molecule has 2 fully saturated rings. The second kappa shape index (κ2) is 7.78. The van der Waals surface area contributed by atoms with Crippen molar-refractivity contribution in [2.24, 2.45) is 0 Å². The molecule has 3 rings (SSSR count). The number of hydrogen-bond donors (Lipinski definition) is 1. The van der Waals surface area contributed by atoms with Gasteiger partial charge in [0.25, 0.3) is 5.91 Å². The van der Waals surface area contributed by atoms with Gasteiger partial charge in [-0.3, -0.25) is 14.5 Å². The molecule has 2 aliphatic rings. The first-order valence-corrected chi connectivity index (χ1v) is 11.2. The Bertz CT molecular complexity index is 994. The molecule has 1 aromatic carbocycles. The number of carbonyl (C=O) groups excluding carboxylic acids is 3. The van der Waals surface area contributed by atoms with E-state index in [2.05, 4.69) is 5.32 Å². The number of imide groups is 1. The molecule has 2 aliphatic heterocycles. The molecule has 0 radical (unpaired) electrons. The first-order chi connectivity index (χ1) is 14.0. The van der Waals surface area contributed by atoms with Crippen LogP contribution in [0, 0.1) is 0 Å². The van der Waals surface area contributed by atoms with Gasteiger partial charge < -0.3 is 19.7 Å². The van der Waals surface area contributed by atoms with E-state index in [-0.39, 0.29) is 11.5 Å². The number of nitrogens with one attached hydrogen (secondary N) is 1. The van der Waals surface area contributed by atoms with Gasteiger partial charge >= 0.3 is 6.03 Å². The summed E-state index contributed by atoms with van der Waals surface area (Å²) in [5, 5.41) is 2.64. The lowest BCUT2D eigenvalue weighted by Crippen LogP contribution is -2.46. The Morgan fingerprint density at radius 2 is 1.93 bits per heavy atom. The molecule has 0 spiro atoms. The van der Waals surface area contributed by atoms with Crippen LogP contribution in [0.3, 0.4) is 0 Å². The minimum Gasteiger partial charge on any atom is -0.493 e. The summed E-state index contributed by atoms with van der Waals surface area (Å²) in [5.41, 5.74) is -0.907. The first kappa shape index (κ1) is 21.9. The number of rotatable bonds is 6. The number of sulfone groups is 1. The summed E-state index contributed by atoms with van der Waals surface area (Å²) in [6, 6.07) is 3.71. The fourth-order valence-electron chi connectivity index (χ4n) is 3.71. The Hall–Kier alpha value is -2.82. The van der Waals surface area contributed by atoms with Gasteiger partial charge in [-0.15, -0.1) is 0 Å². The molecule has 10 nitrogen and oxygen atoms in total. The minimum atomic E-state index is -3.17. The highest BCUT2D eigenvalue weighted by Gasteiger charge is 2.50. The summed E-state index contributed by atoms with van der Waals surface area (Å²) < 4.78 is 33.8. The van der Waals surface area contributed by atoms with E-state index >= 15 is 0 Å². The molecular weight excluding hydrogens is 414 g/mol. The van der Waals surface area contributed by atoms with Crippen molar-refractivity contribution >= 4 is 27.7 Å². The second-order valence-corrected chi connectivity index (χ2v) is 9.81. The van der Waals surface area contributed by atoms with E-state index in [4.69, 9.17) is 9.47 Å². The minimum absolute atomic E-state index is 0.0236. The highest BCUT2D eigenvalue weighted by molar-refractivity contribution is 7.91. The van der Waals surface area contributed by atoms with Gasteiger partial charge in [0, 0.05) is 13.1 Å². The lowest BCUT2D eigenvalue weighted by molar-refractivity contribution is -0.139. The molecule has 1 aromatic rings. The Balaban J connectivity index is 1.78. The SMILES string of the molecule is COc1ccc([C@@]2(C)NC(=O)N(CC(=O)N(C)[C@H]3CCS(=O)(=O)C3)C2=O)cc1OC. The van der Waals surface area contributed by atoms with Gasteiger partial charge in [0.2, 0.25) is 5.91 Å². The van der Waals surface area contributed by atoms with Crippen molar-refractivity contribution in [1.29, 1.82) is 0 Å². The molecule has 0 bridgehead atoms. The van der Waals surface area contributed by atoms with Crippen LogP contribution in [-0.4, -0.2) is 81.4 Å². The van der Waals surface area contributed by atoms with Crippen LogP contribution in [0.25, 0.3) is 0 Å². The molecule has 0 unspecified atom stereocenters. The van der Waals surface area contributed by atoms with E-state index in [1.807, 2.05) is 0 Å². The zero-order chi connectivity index (χ0) is 22.3. The van der Waals surface area contributed by atoms with E-state index in [0.717, 1.165) is 4.90 Å². The third kappa shape index (κ3) is 3.81. The third-order valence-corrected chi connectivity index (χ3v) is 7.43. The zero-order valence-corrected chi connectivity index (χ0v) is 18.1. The van der Waals surface area contributed by atoms with Gasteiger partial charge in [0.05, 0.1) is 25.7 Å². The van der Waals surface area contributed by atoms with Gasteiger partial charge in [-0.1, -0.05) is 6.07 Å². The molecule has 0 aromatic heterocycles. The third-order valence-electron chi connectivity index (χ3n) is 5.68. The number of benzene rings is 1. The summed E-state index contributed by atoms with van der Waals surface area (Å²) in [5.74, 6) is -0.302. The summed E-state index contributed by atoms with van der Waals surface area (Å²) in [4.78, 5) is 40.4. The molecule has 1 N–H and O–H groups in total. The summed E-state index contributed by atoms with van der Waals surface area (Å²) >= 11 is 0. The normalized spacial score (nSPS) is 25.2. The standard InChI is InChI=1S/C19H25N3O7S/c1-19(12-5-6-14(28-3)15(9-12)29-4)17(24)22(18(25)20-19)10-16(23)21(2)13-7-8-30(26,27)11-13/h5-6,9,13H,7-8,10-11H2,1-4H3,(H,20,25)/t13-,19+/m0/s1. The quantitative estimate of drug-likeness (QED) is 0.625. The van der Waals surface area contributed by atoms with Crippen LogP contribution in [0.1, 0.15) is 18.9 Å². The summed E-state index contributed by atoms with van der Waals surface area (Å²) in [6.07, 6.45) is 0.341. The molecule has 0 aliphatic carbocycles. The number of nitrogens with zero attached hydrogens (tertiary/aromatic N) is 2.